The summed E-state index contributed by atoms with van der Waals surface area (Å²) in [6.07, 6.45) is -2.90. The third-order valence-electron chi connectivity index (χ3n) is 4.52. The largest absolute Gasteiger partial charge is 0.493 e. The number of nitrogens with zero attached hydrogens (tertiary/aromatic N) is 1. The summed E-state index contributed by atoms with van der Waals surface area (Å²) >= 11 is 0. The van der Waals surface area contributed by atoms with Crippen LogP contribution in [0.4, 0.5) is 0 Å². The lowest BCUT2D eigenvalue weighted by atomic mass is 9.79. The van der Waals surface area contributed by atoms with Gasteiger partial charge in [-0.1, -0.05) is 13.8 Å². The van der Waals surface area contributed by atoms with E-state index in [4.69, 9.17) is 21.8 Å². The quantitative estimate of drug-likeness (QED) is 0.922. The predicted molar refractivity (Wildman–Crippen MR) is 91.1 cm³/mol. The van der Waals surface area contributed by atoms with Crippen LogP contribution in [0.2, 0.25) is 0 Å². The highest BCUT2D eigenvalue weighted by molar-refractivity contribution is 5.49. The van der Waals surface area contributed by atoms with Gasteiger partial charge in [-0.15, -0.1) is 0 Å². The summed E-state index contributed by atoms with van der Waals surface area (Å²) in [6.45, 7) is 1.48. The second-order valence-corrected chi connectivity index (χ2v) is 6.60. The summed E-state index contributed by atoms with van der Waals surface area (Å²) in [5.41, 5.74) is -0.421. The van der Waals surface area contributed by atoms with E-state index in [2.05, 4.69) is 0 Å². The summed E-state index contributed by atoms with van der Waals surface area (Å²) in [7, 11) is -1.80. The molecule has 2 aliphatic heterocycles. The topological polar surface area (TPSA) is 41.9 Å². The number of methoxy groups -OCH3 is 2. The van der Waals surface area contributed by atoms with Gasteiger partial charge in [0, 0.05) is 24.6 Å². The van der Waals surface area contributed by atoms with Crippen molar-refractivity contribution in [1.82, 2.24) is 4.90 Å². The van der Waals surface area contributed by atoms with E-state index in [9.17, 15) is 5.11 Å². The van der Waals surface area contributed by atoms with Gasteiger partial charge in [-0.25, -0.2) is 0 Å². The second kappa shape index (κ2) is 6.70. The highest BCUT2D eigenvalue weighted by atomic mass is 16.5. The Morgan fingerprint density at radius 1 is 1.43 bits per heavy atom. The molecule has 2 heterocycles. The second-order valence-electron chi connectivity index (χ2n) is 6.60. The van der Waals surface area contributed by atoms with Gasteiger partial charge < -0.3 is 14.6 Å². The molecule has 0 saturated carbocycles. The molecule has 1 N–H and O–H groups in total. The monoisotopic (exact) mass is 328 g/mol. The highest BCUT2D eigenvalue weighted by Gasteiger charge is 2.38. The van der Waals surface area contributed by atoms with Gasteiger partial charge in [0.15, 0.2) is 11.5 Å². The minimum atomic E-state index is -2.94. The van der Waals surface area contributed by atoms with Crippen LogP contribution in [0.5, 0.6) is 11.5 Å². The van der Waals surface area contributed by atoms with E-state index >= 15 is 0 Å². The lowest BCUT2D eigenvalue weighted by molar-refractivity contribution is -0.0191. The third kappa shape index (κ3) is 3.20. The smallest absolute Gasteiger partial charge is 0.161 e. The molecule has 3 atom stereocenters. The summed E-state index contributed by atoms with van der Waals surface area (Å²) in [6, 6.07) is -1.97. The van der Waals surface area contributed by atoms with Crippen LogP contribution >= 0.6 is 0 Å². The Kier molecular flexibility index (Phi) is 2.54. The maximum Gasteiger partial charge on any atom is 0.161 e. The van der Waals surface area contributed by atoms with Crippen molar-refractivity contribution in [1.29, 1.82) is 0 Å². The minimum Gasteiger partial charge on any atom is -0.493 e. The normalized spacial score (nSPS) is 38.1. The first-order valence-electron chi connectivity index (χ1n) is 12.4. The van der Waals surface area contributed by atoms with Crippen molar-refractivity contribution in [3.05, 3.63) is 23.2 Å². The molecule has 0 aromatic heterocycles. The zero-order valence-electron chi connectivity index (χ0n) is 22.6. The highest BCUT2D eigenvalue weighted by Crippen LogP contribution is 2.43. The molecule has 4 heteroatoms. The van der Waals surface area contributed by atoms with Gasteiger partial charge in [-0.2, -0.15) is 0 Å². The Bertz CT molecular complexity index is 888. The fourth-order valence-corrected chi connectivity index (χ4v) is 3.46. The molecule has 3 unspecified atom stereocenters. The van der Waals surface area contributed by atoms with Crippen molar-refractivity contribution < 1.29 is 26.9 Å². The molecule has 128 valence electrons. The summed E-state index contributed by atoms with van der Waals surface area (Å²) in [5, 5.41) is 10.8. The van der Waals surface area contributed by atoms with Crippen molar-refractivity contribution in [3.8, 4) is 11.5 Å². The van der Waals surface area contributed by atoms with Crippen LogP contribution in [-0.4, -0.2) is 43.3 Å². The number of aliphatic hydroxyl groups is 1. The molecule has 0 spiro atoms. The van der Waals surface area contributed by atoms with Crippen LogP contribution in [0.3, 0.4) is 0 Å². The molecule has 0 bridgehead atoms. The van der Waals surface area contributed by atoms with Gasteiger partial charge >= 0.3 is 0 Å². The van der Waals surface area contributed by atoms with Crippen molar-refractivity contribution in [3.63, 3.8) is 0 Å². The lowest BCUT2D eigenvalue weighted by Gasteiger charge is -2.46. The zero-order valence-corrected chi connectivity index (χ0v) is 13.6. The van der Waals surface area contributed by atoms with Crippen LogP contribution in [-0.2, 0) is 6.37 Å². The number of rotatable bonds is 4. The molecule has 0 aliphatic carbocycles. The molecular formula is C19H29NO3. The Morgan fingerprint density at radius 2 is 2.22 bits per heavy atom. The molecule has 1 fully saturated rings. The average Bonchev–Trinajstić information content (AvgIpc) is 2.63. The molecular weight excluding hydrogens is 290 g/mol. The van der Waals surface area contributed by atoms with E-state index in [-0.39, 0.29) is 35.9 Å². The van der Waals surface area contributed by atoms with Crippen LogP contribution in [0.15, 0.2) is 12.1 Å². The van der Waals surface area contributed by atoms with E-state index in [1.54, 1.807) is 0 Å². The van der Waals surface area contributed by atoms with Crippen LogP contribution in [0.1, 0.15) is 56.2 Å². The van der Waals surface area contributed by atoms with Gasteiger partial charge in [0.05, 0.1) is 27.1 Å². The predicted octanol–water partition coefficient (Wildman–Crippen LogP) is 3.03. The van der Waals surface area contributed by atoms with Crippen molar-refractivity contribution in [2.45, 2.75) is 45.2 Å². The molecule has 1 saturated heterocycles. The molecule has 4 nitrogen and oxygen atoms in total. The van der Waals surface area contributed by atoms with Gasteiger partial charge in [-0.3, -0.25) is 4.90 Å². The number of hydrogen-bond acceptors (Lipinski definition) is 4. The standard InChI is InChI=1S/C19H29NO3/c1-12(2)7-14-11-20-6-5-13-8-18(22-3)19(23-4)9-15(13)16(20)10-17(14)21/h8-9,12,14,16-17,21H,5-7,10-11H2,1-4H3/i4D3,5D2,6D2,8D,9D. The Balaban J connectivity index is 2.28. The van der Waals surface area contributed by atoms with Gasteiger partial charge in [-0.05, 0) is 54.3 Å². The van der Waals surface area contributed by atoms with Gasteiger partial charge in [0.1, 0.15) is 0 Å². The number of aliphatic hydroxyl groups excluding tert-OH is 1. The van der Waals surface area contributed by atoms with Crippen LogP contribution in [0.25, 0.3) is 0 Å². The maximum atomic E-state index is 10.8. The summed E-state index contributed by atoms with van der Waals surface area (Å²) in [4.78, 5) is 1.30. The molecule has 0 radical (unpaired) electrons. The van der Waals surface area contributed by atoms with Gasteiger partial charge in [0.25, 0.3) is 0 Å². The number of hydrogen-bond donors (Lipinski definition) is 1. The number of benzene rings is 1. The first-order chi connectivity index (χ1) is 14.5. The Labute approximate surface area is 152 Å². The fourth-order valence-electron chi connectivity index (χ4n) is 3.46. The Morgan fingerprint density at radius 3 is 2.91 bits per heavy atom. The van der Waals surface area contributed by atoms with E-state index in [1.165, 1.54) is 4.90 Å². The number of ether oxygens (including phenoxy) is 2. The molecule has 3 rings (SSSR count). The fraction of sp³-hybridized carbons (Fsp3) is 0.684. The van der Waals surface area contributed by atoms with E-state index in [0.717, 1.165) is 7.11 Å². The first-order valence-corrected chi connectivity index (χ1v) is 7.89. The molecule has 23 heavy (non-hydrogen) atoms. The van der Waals surface area contributed by atoms with Crippen LogP contribution < -0.4 is 9.47 Å². The number of piperidine rings is 1. The summed E-state index contributed by atoms with van der Waals surface area (Å²) < 4.78 is 84.1. The molecule has 1 aromatic rings. The van der Waals surface area contributed by atoms with E-state index in [1.807, 2.05) is 13.8 Å². The minimum absolute atomic E-state index is 0.0187. The summed E-state index contributed by atoms with van der Waals surface area (Å²) in [5.74, 6) is -1.01. The molecule has 0 amide bonds. The van der Waals surface area contributed by atoms with Crippen LogP contribution in [0, 0.1) is 11.8 Å². The average molecular weight is 328 g/mol. The molecule has 2 aliphatic rings. The van der Waals surface area contributed by atoms with Crippen molar-refractivity contribution in [2.75, 3.05) is 27.2 Å². The van der Waals surface area contributed by atoms with E-state index in [0.29, 0.717) is 6.42 Å². The molecule has 1 aromatic carbocycles. The van der Waals surface area contributed by atoms with Crippen molar-refractivity contribution >= 4 is 0 Å². The Hall–Kier alpha value is -1.26. The van der Waals surface area contributed by atoms with E-state index < -0.39 is 55.6 Å². The zero-order chi connectivity index (χ0) is 24.4. The lowest BCUT2D eigenvalue weighted by Crippen LogP contribution is -2.48. The van der Waals surface area contributed by atoms with Crippen molar-refractivity contribution in [2.24, 2.45) is 11.8 Å². The first kappa shape index (κ1) is 8.72. The SMILES string of the molecule is [2H]c1c(OC([2H])([2H])[2H])c(OC)c([2H])c2c1C1CC(O)C(CC(C)C)CN1C([2H])([2H])C2([2H])[2H]. The van der Waals surface area contributed by atoms with Gasteiger partial charge in [0.2, 0.25) is 0 Å². The maximum absolute atomic E-state index is 10.8. The number of fused-ring (bicyclic) bond motifs is 3. The third-order valence-corrected chi connectivity index (χ3v) is 4.52.